The Labute approximate surface area is 194 Å². The van der Waals surface area contributed by atoms with Gasteiger partial charge < -0.3 is 15.4 Å². The second-order valence-corrected chi connectivity index (χ2v) is 7.59. The summed E-state index contributed by atoms with van der Waals surface area (Å²) in [7, 11) is 0. The molecule has 2 N–H and O–H groups in total. The van der Waals surface area contributed by atoms with Crippen LogP contribution in [0.5, 0.6) is 5.75 Å². The summed E-state index contributed by atoms with van der Waals surface area (Å²) in [5, 5.41) is 6.85. The van der Waals surface area contributed by atoms with Crippen molar-refractivity contribution in [3.63, 3.8) is 0 Å². The van der Waals surface area contributed by atoms with Gasteiger partial charge in [0.1, 0.15) is 29.5 Å². The summed E-state index contributed by atoms with van der Waals surface area (Å²) in [5.41, 5.74) is 1.44. The Morgan fingerprint density at radius 1 is 1.06 bits per heavy atom. The monoisotopic (exact) mass is 468 g/mol. The molecule has 0 radical (unpaired) electrons. The molecule has 0 saturated heterocycles. The summed E-state index contributed by atoms with van der Waals surface area (Å²) in [4.78, 5) is 25.0. The number of hydrogen-bond acceptors (Lipinski definition) is 6. The van der Waals surface area contributed by atoms with Gasteiger partial charge in [0, 0.05) is 34.9 Å². The molecule has 2 aromatic heterocycles. The van der Waals surface area contributed by atoms with Gasteiger partial charge in [-0.2, -0.15) is 0 Å². The lowest BCUT2D eigenvalue weighted by molar-refractivity contribution is -0.118. The molecule has 0 aliphatic rings. The standard InChI is InChI=1S/C22H18Cl2N6O2/c1-14-26-20(11-21(27-14)30-9-8-25-13-30)28-16-3-5-17(6-4-16)29-22(31)12-32-19-7-2-15(23)10-18(19)24/h2-11,13H,12H2,1H3,(H,29,31)(H,26,27,28). The van der Waals surface area contributed by atoms with E-state index >= 15 is 0 Å². The quantitative estimate of drug-likeness (QED) is 0.394. The Hall–Kier alpha value is -3.62. The van der Waals surface area contributed by atoms with Gasteiger partial charge in [0.2, 0.25) is 0 Å². The van der Waals surface area contributed by atoms with Crippen molar-refractivity contribution in [3.8, 4) is 11.6 Å². The molecular formula is C22H18Cl2N6O2. The van der Waals surface area contributed by atoms with Crippen molar-refractivity contribution in [2.75, 3.05) is 17.2 Å². The van der Waals surface area contributed by atoms with E-state index < -0.39 is 0 Å². The average molecular weight is 469 g/mol. The van der Waals surface area contributed by atoms with Crippen LogP contribution in [0.15, 0.2) is 67.3 Å². The van der Waals surface area contributed by atoms with Gasteiger partial charge in [-0.05, 0) is 49.4 Å². The zero-order valence-electron chi connectivity index (χ0n) is 16.9. The third-order valence-electron chi connectivity index (χ3n) is 4.29. The van der Waals surface area contributed by atoms with Crippen molar-refractivity contribution in [2.45, 2.75) is 6.92 Å². The molecule has 8 nitrogen and oxygen atoms in total. The molecular weight excluding hydrogens is 451 g/mol. The number of anilines is 3. The van der Waals surface area contributed by atoms with Gasteiger partial charge in [0.25, 0.3) is 5.91 Å². The van der Waals surface area contributed by atoms with Gasteiger partial charge in [-0.1, -0.05) is 23.2 Å². The first-order valence-corrected chi connectivity index (χ1v) is 10.3. The second-order valence-electron chi connectivity index (χ2n) is 6.74. The van der Waals surface area contributed by atoms with Gasteiger partial charge in [0.15, 0.2) is 6.61 Å². The first-order valence-electron chi connectivity index (χ1n) is 9.55. The lowest BCUT2D eigenvalue weighted by atomic mass is 10.2. The van der Waals surface area contributed by atoms with E-state index in [0.717, 1.165) is 5.69 Å². The summed E-state index contributed by atoms with van der Waals surface area (Å²) in [6.07, 6.45) is 5.17. The van der Waals surface area contributed by atoms with E-state index in [1.165, 1.54) is 0 Å². The number of halogens is 2. The van der Waals surface area contributed by atoms with E-state index in [1.54, 1.807) is 47.4 Å². The molecule has 162 valence electrons. The highest BCUT2D eigenvalue weighted by molar-refractivity contribution is 6.35. The lowest BCUT2D eigenvalue weighted by Gasteiger charge is -2.11. The number of benzene rings is 2. The van der Waals surface area contributed by atoms with E-state index in [2.05, 4.69) is 25.6 Å². The molecule has 1 amide bonds. The van der Waals surface area contributed by atoms with Crippen LogP contribution in [0.1, 0.15) is 5.82 Å². The minimum absolute atomic E-state index is 0.182. The zero-order chi connectivity index (χ0) is 22.5. The van der Waals surface area contributed by atoms with Crippen molar-refractivity contribution in [1.29, 1.82) is 0 Å². The highest BCUT2D eigenvalue weighted by Gasteiger charge is 2.08. The van der Waals surface area contributed by atoms with Crippen molar-refractivity contribution in [2.24, 2.45) is 0 Å². The largest absolute Gasteiger partial charge is 0.482 e. The summed E-state index contributed by atoms with van der Waals surface area (Å²) in [6.45, 7) is 1.64. The number of aromatic nitrogens is 4. The second kappa shape index (κ2) is 9.67. The third-order valence-corrected chi connectivity index (χ3v) is 4.82. The Morgan fingerprint density at radius 3 is 2.56 bits per heavy atom. The van der Waals surface area contributed by atoms with Crippen LogP contribution >= 0.6 is 23.2 Å². The van der Waals surface area contributed by atoms with Crippen LogP contribution in [-0.4, -0.2) is 32.0 Å². The maximum Gasteiger partial charge on any atom is 0.262 e. The van der Waals surface area contributed by atoms with Crippen molar-refractivity contribution in [3.05, 3.63) is 83.1 Å². The predicted octanol–water partition coefficient (Wildman–Crippen LogP) is 5.04. The maximum atomic E-state index is 12.2. The number of imidazole rings is 1. The molecule has 0 saturated carbocycles. The smallest absolute Gasteiger partial charge is 0.262 e. The Morgan fingerprint density at radius 2 is 1.84 bits per heavy atom. The van der Waals surface area contributed by atoms with Crippen LogP contribution in [-0.2, 0) is 4.79 Å². The molecule has 0 aliphatic carbocycles. The Balaban J connectivity index is 1.35. The molecule has 2 aromatic carbocycles. The topological polar surface area (TPSA) is 94.0 Å². The van der Waals surface area contributed by atoms with E-state index in [-0.39, 0.29) is 12.5 Å². The Kier molecular flexibility index (Phi) is 6.53. The van der Waals surface area contributed by atoms with Gasteiger partial charge in [-0.15, -0.1) is 0 Å². The molecule has 4 rings (SSSR count). The first-order chi connectivity index (χ1) is 15.5. The summed E-state index contributed by atoms with van der Waals surface area (Å²) in [6, 6.07) is 13.9. The van der Waals surface area contributed by atoms with Crippen LogP contribution in [0.3, 0.4) is 0 Å². The number of carbonyl (C=O) groups excluding carboxylic acids is 1. The fourth-order valence-corrected chi connectivity index (χ4v) is 3.32. The molecule has 0 spiro atoms. The summed E-state index contributed by atoms with van der Waals surface area (Å²) >= 11 is 11.9. The van der Waals surface area contributed by atoms with Crippen LogP contribution in [0, 0.1) is 6.92 Å². The number of rotatable bonds is 7. The normalized spacial score (nSPS) is 10.6. The molecule has 0 aliphatic heterocycles. The van der Waals surface area contributed by atoms with E-state index in [1.807, 2.05) is 31.3 Å². The molecule has 0 fully saturated rings. The molecule has 2 heterocycles. The predicted molar refractivity (Wildman–Crippen MR) is 124 cm³/mol. The SMILES string of the molecule is Cc1nc(Nc2ccc(NC(=O)COc3ccc(Cl)cc3Cl)cc2)cc(-n2ccnc2)n1. The molecule has 0 atom stereocenters. The van der Waals surface area contributed by atoms with Crippen molar-refractivity contribution < 1.29 is 9.53 Å². The van der Waals surface area contributed by atoms with Crippen LogP contribution in [0.25, 0.3) is 5.82 Å². The average Bonchev–Trinajstić information content (AvgIpc) is 3.29. The molecule has 0 unspecified atom stereocenters. The first kappa shape index (κ1) is 21.6. The van der Waals surface area contributed by atoms with Crippen LogP contribution < -0.4 is 15.4 Å². The minimum Gasteiger partial charge on any atom is -0.482 e. The highest BCUT2D eigenvalue weighted by Crippen LogP contribution is 2.27. The number of nitrogens with zero attached hydrogens (tertiary/aromatic N) is 4. The number of ether oxygens (including phenoxy) is 1. The van der Waals surface area contributed by atoms with E-state index in [9.17, 15) is 4.79 Å². The van der Waals surface area contributed by atoms with Gasteiger partial charge in [0.05, 0.1) is 5.02 Å². The highest BCUT2D eigenvalue weighted by atomic mass is 35.5. The summed E-state index contributed by atoms with van der Waals surface area (Å²) in [5.74, 6) is 2.06. The Bertz CT molecular complexity index is 1230. The fourth-order valence-electron chi connectivity index (χ4n) is 2.86. The molecule has 10 heteroatoms. The van der Waals surface area contributed by atoms with Crippen molar-refractivity contribution >= 4 is 46.3 Å². The fraction of sp³-hybridized carbons (Fsp3) is 0.0909. The van der Waals surface area contributed by atoms with Gasteiger partial charge >= 0.3 is 0 Å². The summed E-state index contributed by atoms with van der Waals surface area (Å²) < 4.78 is 7.25. The van der Waals surface area contributed by atoms with E-state index in [4.69, 9.17) is 27.9 Å². The van der Waals surface area contributed by atoms with Crippen LogP contribution in [0.2, 0.25) is 10.0 Å². The van der Waals surface area contributed by atoms with E-state index in [0.29, 0.717) is 38.9 Å². The minimum atomic E-state index is -0.312. The molecule has 0 bridgehead atoms. The van der Waals surface area contributed by atoms with Crippen molar-refractivity contribution in [1.82, 2.24) is 19.5 Å². The number of carbonyl (C=O) groups is 1. The lowest BCUT2D eigenvalue weighted by Crippen LogP contribution is -2.20. The van der Waals surface area contributed by atoms with Gasteiger partial charge in [-0.3, -0.25) is 9.36 Å². The maximum absolute atomic E-state index is 12.2. The van der Waals surface area contributed by atoms with Crippen LogP contribution in [0.4, 0.5) is 17.2 Å². The number of hydrogen-bond donors (Lipinski definition) is 2. The van der Waals surface area contributed by atoms with Gasteiger partial charge in [-0.25, -0.2) is 15.0 Å². The number of amides is 1. The molecule has 4 aromatic rings. The third kappa shape index (κ3) is 5.54. The number of nitrogens with one attached hydrogen (secondary N) is 2. The molecule has 32 heavy (non-hydrogen) atoms. The zero-order valence-corrected chi connectivity index (χ0v) is 18.4. The number of aryl methyl sites for hydroxylation is 1.